The molecule has 4 rings (SSSR count). The topological polar surface area (TPSA) is 124 Å². The molecule has 1 aromatic heterocycles. The molecule has 5 N–H and O–H groups in total. The van der Waals surface area contributed by atoms with Crippen molar-refractivity contribution in [3.05, 3.63) is 60.0 Å². The van der Waals surface area contributed by atoms with Gasteiger partial charge in [0.05, 0.1) is 11.7 Å². The molecule has 176 valence electrons. The number of hydrogen-bond acceptors (Lipinski definition) is 5. The number of aliphatic carboxylic acids is 1. The molecule has 33 heavy (non-hydrogen) atoms. The van der Waals surface area contributed by atoms with Crippen molar-refractivity contribution in [3.63, 3.8) is 0 Å². The first-order valence-corrected chi connectivity index (χ1v) is 9.84. The first-order valence-electron chi connectivity index (χ1n) is 9.84. The molecule has 2 unspecified atom stereocenters. The quantitative estimate of drug-likeness (QED) is 0.437. The van der Waals surface area contributed by atoms with Gasteiger partial charge in [-0.3, -0.25) is 9.89 Å². The van der Waals surface area contributed by atoms with E-state index in [4.69, 9.17) is 15.6 Å². The summed E-state index contributed by atoms with van der Waals surface area (Å²) in [5.41, 5.74) is 8.69. The molecule has 1 aliphatic rings. The van der Waals surface area contributed by atoms with Crippen LogP contribution >= 0.6 is 0 Å². The van der Waals surface area contributed by atoms with Crippen molar-refractivity contribution in [1.29, 1.82) is 0 Å². The number of carboxylic acids is 1. The Labute approximate surface area is 185 Å². The monoisotopic (exact) mass is 467 g/mol. The fourth-order valence-electron chi connectivity index (χ4n) is 3.36. The second-order valence-corrected chi connectivity index (χ2v) is 7.42. The van der Waals surface area contributed by atoms with E-state index in [0.29, 0.717) is 18.7 Å². The Hall–Kier alpha value is -3.67. The van der Waals surface area contributed by atoms with E-state index < -0.39 is 18.2 Å². The number of nitrogens with two attached hydrogens (primary N) is 1. The van der Waals surface area contributed by atoms with Crippen LogP contribution in [0.15, 0.2) is 48.7 Å². The first-order chi connectivity index (χ1) is 15.5. The summed E-state index contributed by atoms with van der Waals surface area (Å²) < 4.78 is 44.8. The lowest BCUT2D eigenvalue weighted by Crippen LogP contribution is -2.38. The predicted molar refractivity (Wildman–Crippen MR) is 112 cm³/mol. The third-order valence-corrected chi connectivity index (χ3v) is 5.05. The van der Waals surface area contributed by atoms with Crippen LogP contribution in [0.3, 0.4) is 0 Å². The van der Waals surface area contributed by atoms with Gasteiger partial charge >= 0.3 is 12.1 Å². The molecule has 0 saturated carbocycles. The summed E-state index contributed by atoms with van der Waals surface area (Å²) >= 11 is 0. The average molecular weight is 467 g/mol. The molecule has 0 bridgehead atoms. The molecule has 0 radical (unpaired) electrons. The molecule has 2 atom stereocenters. The number of hydrogen-bond donors (Lipinski definition) is 4. The lowest BCUT2D eigenvalue weighted by molar-refractivity contribution is -0.192. The summed E-state index contributed by atoms with van der Waals surface area (Å²) in [6.45, 7) is 1.25. The Morgan fingerprint density at radius 2 is 1.88 bits per heavy atom. The zero-order valence-corrected chi connectivity index (χ0v) is 17.1. The Kier molecular flexibility index (Phi) is 7.16. The van der Waals surface area contributed by atoms with Gasteiger partial charge in [0.2, 0.25) is 5.91 Å². The number of alkyl halides is 3. The van der Waals surface area contributed by atoms with Crippen molar-refractivity contribution < 1.29 is 32.3 Å². The smallest absolute Gasteiger partial charge is 0.475 e. The number of rotatable bonds is 4. The van der Waals surface area contributed by atoms with Crippen LogP contribution in [0.1, 0.15) is 18.0 Å². The molecule has 2 heterocycles. The Bertz CT molecular complexity index is 1120. The first kappa shape index (κ1) is 24.0. The number of fused-ring (bicyclic) bond motifs is 1. The van der Waals surface area contributed by atoms with Crippen LogP contribution in [0.5, 0.6) is 0 Å². The summed E-state index contributed by atoms with van der Waals surface area (Å²) in [5, 5.41) is 18.6. The second-order valence-electron chi connectivity index (χ2n) is 7.42. The van der Waals surface area contributed by atoms with Crippen molar-refractivity contribution in [3.8, 4) is 0 Å². The van der Waals surface area contributed by atoms with E-state index in [1.165, 1.54) is 12.1 Å². The number of nitrogens with one attached hydrogen (secondary N) is 2. The molecular weight excluding hydrogens is 446 g/mol. The lowest BCUT2D eigenvalue weighted by atomic mass is 10.1. The highest BCUT2D eigenvalue weighted by Crippen LogP contribution is 2.22. The van der Waals surface area contributed by atoms with Gasteiger partial charge in [0.1, 0.15) is 11.9 Å². The molecule has 0 aliphatic carbocycles. The van der Waals surface area contributed by atoms with Crippen LogP contribution in [0.25, 0.3) is 10.9 Å². The maximum Gasteiger partial charge on any atom is 0.490 e. The summed E-state index contributed by atoms with van der Waals surface area (Å²) in [6, 6.07) is 11.2. The highest BCUT2D eigenvalue weighted by Gasteiger charge is 2.38. The van der Waals surface area contributed by atoms with Gasteiger partial charge in [-0.2, -0.15) is 18.3 Å². The largest absolute Gasteiger partial charge is 0.490 e. The van der Waals surface area contributed by atoms with Crippen LogP contribution in [-0.4, -0.2) is 57.4 Å². The molecule has 1 saturated heterocycles. The molecule has 0 spiro atoms. The summed E-state index contributed by atoms with van der Waals surface area (Å²) in [7, 11) is 0. The normalized spacial score (nSPS) is 16.8. The number of carbonyl (C=O) groups excluding carboxylic acids is 1. The van der Waals surface area contributed by atoms with E-state index in [0.717, 1.165) is 23.0 Å². The Morgan fingerprint density at radius 1 is 1.21 bits per heavy atom. The van der Waals surface area contributed by atoms with Crippen molar-refractivity contribution >= 4 is 28.5 Å². The van der Waals surface area contributed by atoms with Crippen LogP contribution in [-0.2, 0) is 9.59 Å². The molecule has 8 nitrogen and oxygen atoms in total. The number of likely N-dealkylation sites (tertiary alicyclic amines) is 1. The number of carbonyl (C=O) groups is 2. The predicted octanol–water partition coefficient (Wildman–Crippen LogP) is 3.05. The minimum absolute atomic E-state index is 0.133. The van der Waals surface area contributed by atoms with Gasteiger partial charge in [-0.15, -0.1) is 0 Å². The molecule has 12 heteroatoms. The molecule has 1 aliphatic heterocycles. The fourth-order valence-corrected chi connectivity index (χ4v) is 3.36. The van der Waals surface area contributed by atoms with E-state index >= 15 is 0 Å². The van der Waals surface area contributed by atoms with Gasteiger partial charge in [0.25, 0.3) is 0 Å². The van der Waals surface area contributed by atoms with Crippen molar-refractivity contribution in [1.82, 2.24) is 15.1 Å². The fraction of sp³-hybridized carbons (Fsp3) is 0.286. The number of H-pyrrole nitrogens is 1. The van der Waals surface area contributed by atoms with Gasteiger partial charge < -0.3 is 21.1 Å². The van der Waals surface area contributed by atoms with Crippen LogP contribution in [0, 0.1) is 5.82 Å². The van der Waals surface area contributed by atoms with Crippen molar-refractivity contribution in [2.75, 3.05) is 18.4 Å². The number of halogens is 4. The van der Waals surface area contributed by atoms with Gasteiger partial charge in [-0.1, -0.05) is 12.1 Å². The maximum atomic E-state index is 13.0. The third-order valence-electron chi connectivity index (χ3n) is 5.05. The number of carboxylic acid groups (broad SMARTS) is 1. The van der Waals surface area contributed by atoms with E-state index in [1.807, 2.05) is 18.2 Å². The SMILES string of the molecule is NC(C(=O)N1CCC(Nc2ccc3[nH]ncc3c2)C1)c1ccc(F)cc1.O=C(O)C(F)(F)F. The maximum absolute atomic E-state index is 13.0. The van der Waals surface area contributed by atoms with E-state index in [2.05, 4.69) is 15.5 Å². The minimum Gasteiger partial charge on any atom is -0.475 e. The number of amides is 1. The average Bonchev–Trinajstić information content (AvgIpc) is 3.42. The second kappa shape index (κ2) is 9.86. The van der Waals surface area contributed by atoms with Gasteiger partial charge in [0, 0.05) is 30.2 Å². The summed E-state index contributed by atoms with van der Waals surface area (Å²) in [4.78, 5) is 23.3. The Balaban J connectivity index is 0.000000383. The Morgan fingerprint density at radius 3 is 2.52 bits per heavy atom. The molecule has 3 aromatic rings. The molecule has 1 fully saturated rings. The van der Waals surface area contributed by atoms with Gasteiger partial charge in [0.15, 0.2) is 0 Å². The number of nitrogens with zero attached hydrogens (tertiary/aromatic N) is 2. The highest BCUT2D eigenvalue weighted by atomic mass is 19.4. The summed E-state index contributed by atoms with van der Waals surface area (Å²) in [6.07, 6.45) is -2.45. The van der Waals surface area contributed by atoms with Crippen LogP contribution < -0.4 is 11.1 Å². The standard InChI is InChI=1S/C19H20FN5O.C2HF3O2/c20-14-3-1-12(2-4-14)18(21)19(26)25-8-7-16(11-25)23-15-5-6-17-13(9-15)10-22-24-17;3-2(4,5)1(6)7/h1-6,9-10,16,18,23H,7-8,11,21H2,(H,22,24);(H,6,7). The van der Waals surface area contributed by atoms with Crippen molar-refractivity contribution in [2.24, 2.45) is 5.73 Å². The van der Waals surface area contributed by atoms with Crippen LogP contribution in [0.4, 0.5) is 23.2 Å². The highest BCUT2D eigenvalue weighted by molar-refractivity contribution is 5.84. The zero-order valence-electron chi connectivity index (χ0n) is 17.1. The zero-order chi connectivity index (χ0) is 24.2. The number of aromatic nitrogens is 2. The minimum atomic E-state index is -5.08. The van der Waals surface area contributed by atoms with Gasteiger partial charge in [-0.25, -0.2) is 9.18 Å². The van der Waals surface area contributed by atoms with E-state index in [1.54, 1.807) is 23.2 Å². The number of aromatic amines is 1. The van der Waals surface area contributed by atoms with E-state index in [9.17, 15) is 22.4 Å². The van der Waals surface area contributed by atoms with E-state index in [-0.39, 0.29) is 17.8 Å². The molecule has 1 amide bonds. The van der Waals surface area contributed by atoms with Crippen molar-refractivity contribution in [2.45, 2.75) is 24.7 Å². The lowest BCUT2D eigenvalue weighted by Gasteiger charge is -2.21. The third kappa shape index (κ3) is 6.19. The molecular formula is C21H21F4N5O3. The van der Waals surface area contributed by atoms with Crippen LogP contribution in [0.2, 0.25) is 0 Å². The number of anilines is 1. The van der Waals surface area contributed by atoms with Gasteiger partial charge in [-0.05, 0) is 42.3 Å². The summed E-state index contributed by atoms with van der Waals surface area (Å²) in [5.74, 6) is -3.23. The number of benzene rings is 2. The molecule has 2 aromatic carbocycles.